The molecule has 84 valence electrons. The van der Waals surface area contributed by atoms with Crippen LogP contribution < -0.4 is 0 Å². The van der Waals surface area contributed by atoms with Crippen LogP contribution in [0.2, 0.25) is 0 Å². The van der Waals surface area contributed by atoms with E-state index < -0.39 is 34.3 Å². The van der Waals surface area contributed by atoms with Gasteiger partial charge in [0, 0.05) is 6.42 Å². The second-order valence-electron chi connectivity index (χ2n) is 2.42. The summed E-state index contributed by atoms with van der Waals surface area (Å²) in [5.74, 6) is -7.21. The number of rotatable bonds is 5. The Morgan fingerprint density at radius 1 is 1.43 bits per heavy atom. The lowest BCUT2D eigenvalue weighted by Crippen LogP contribution is -2.32. The first-order chi connectivity index (χ1) is 6.19. The molecule has 0 aliphatic rings. The van der Waals surface area contributed by atoms with E-state index in [9.17, 15) is 25.9 Å². The number of halogens is 3. The molecular formula is C6H9F3O4S. The Labute approximate surface area is 79.3 Å². The van der Waals surface area contributed by atoms with Gasteiger partial charge in [-0.05, 0) is 6.92 Å². The van der Waals surface area contributed by atoms with E-state index in [2.05, 4.69) is 4.74 Å². The highest BCUT2D eigenvalue weighted by atomic mass is 32.3. The van der Waals surface area contributed by atoms with Crippen molar-refractivity contribution < 1.29 is 30.6 Å². The summed E-state index contributed by atoms with van der Waals surface area (Å²) in [6.45, 7) is 1.07. The zero-order chi connectivity index (χ0) is 11.4. The van der Waals surface area contributed by atoms with Gasteiger partial charge in [0.15, 0.2) is 0 Å². The summed E-state index contributed by atoms with van der Waals surface area (Å²) < 4.78 is 60.9. The zero-order valence-corrected chi connectivity index (χ0v) is 8.11. The van der Waals surface area contributed by atoms with Crippen LogP contribution in [0.25, 0.3) is 0 Å². The standard InChI is InChI=1S/C6H9F3O4S/c1-2-13-5(10)6(7,8)3-4-14(9,11)12/h2-4H2,1H3. The molecule has 0 aromatic heterocycles. The molecule has 0 aliphatic carbocycles. The summed E-state index contributed by atoms with van der Waals surface area (Å²) in [6, 6.07) is 0. The first-order valence-electron chi connectivity index (χ1n) is 3.66. The van der Waals surface area contributed by atoms with Crippen molar-refractivity contribution >= 4 is 16.2 Å². The van der Waals surface area contributed by atoms with Gasteiger partial charge in [0.05, 0.1) is 12.4 Å². The summed E-state index contributed by atoms with van der Waals surface area (Å²) in [6.07, 6.45) is -1.41. The third-order valence-corrected chi connectivity index (χ3v) is 1.93. The van der Waals surface area contributed by atoms with E-state index in [-0.39, 0.29) is 6.61 Å². The smallest absolute Gasteiger partial charge is 0.377 e. The van der Waals surface area contributed by atoms with Gasteiger partial charge in [0.1, 0.15) is 0 Å². The number of ether oxygens (including phenoxy) is 1. The van der Waals surface area contributed by atoms with Crippen molar-refractivity contribution in [3.63, 3.8) is 0 Å². The molecule has 0 amide bonds. The minimum atomic E-state index is -4.99. The fourth-order valence-corrected chi connectivity index (χ4v) is 1.09. The van der Waals surface area contributed by atoms with Crippen molar-refractivity contribution in [2.75, 3.05) is 12.4 Å². The van der Waals surface area contributed by atoms with E-state index in [1.165, 1.54) is 6.92 Å². The highest BCUT2D eigenvalue weighted by Gasteiger charge is 2.41. The molecule has 0 N–H and O–H groups in total. The lowest BCUT2D eigenvalue weighted by Gasteiger charge is -2.12. The van der Waals surface area contributed by atoms with E-state index in [1.54, 1.807) is 0 Å². The molecule has 0 bridgehead atoms. The van der Waals surface area contributed by atoms with E-state index in [0.29, 0.717) is 0 Å². The van der Waals surface area contributed by atoms with E-state index >= 15 is 0 Å². The maximum absolute atomic E-state index is 12.6. The van der Waals surface area contributed by atoms with Gasteiger partial charge in [0.25, 0.3) is 0 Å². The number of hydrogen-bond acceptors (Lipinski definition) is 4. The van der Waals surface area contributed by atoms with Crippen LogP contribution >= 0.6 is 0 Å². The van der Waals surface area contributed by atoms with Crippen LogP contribution in [-0.4, -0.2) is 32.7 Å². The molecule has 0 unspecified atom stereocenters. The van der Waals surface area contributed by atoms with Gasteiger partial charge in [0.2, 0.25) is 0 Å². The third-order valence-electron chi connectivity index (χ3n) is 1.23. The minimum absolute atomic E-state index is 0.253. The fourth-order valence-electron chi connectivity index (χ4n) is 0.589. The van der Waals surface area contributed by atoms with Crippen LogP contribution in [0.15, 0.2) is 0 Å². The molecular weight excluding hydrogens is 225 g/mol. The summed E-state index contributed by atoms with van der Waals surface area (Å²) in [4.78, 5) is 10.5. The highest BCUT2D eigenvalue weighted by molar-refractivity contribution is 7.86. The fraction of sp³-hybridized carbons (Fsp3) is 0.833. The quantitative estimate of drug-likeness (QED) is 0.523. The molecule has 0 saturated carbocycles. The van der Waals surface area contributed by atoms with Gasteiger partial charge in [-0.15, -0.1) is 3.89 Å². The zero-order valence-electron chi connectivity index (χ0n) is 7.30. The number of carbonyl (C=O) groups excluding carboxylic acids is 1. The van der Waals surface area contributed by atoms with Crippen molar-refractivity contribution in [3.8, 4) is 0 Å². The molecule has 0 rings (SSSR count). The number of alkyl halides is 2. The van der Waals surface area contributed by atoms with Crippen molar-refractivity contribution in [1.82, 2.24) is 0 Å². The summed E-state index contributed by atoms with van der Waals surface area (Å²) in [5.41, 5.74) is 0. The molecule has 0 aliphatic heterocycles. The van der Waals surface area contributed by atoms with Gasteiger partial charge in [-0.2, -0.15) is 17.2 Å². The van der Waals surface area contributed by atoms with Crippen molar-refractivity contribution in [3.05, 3.63) is 0 Å². The Balaban J connectivity index is 4.27. The molecule has 14 heavy (non-hydrogen) atoms. The predicted octanol–water partition coefficient (Wildman–Crippen LogP) is 0.874. The Morgan fingerprint density at radius 3 is 2.29 bits per heavy atom. The van der Waals surface area contributed by atoms with Gasteiger partial charge in [-0.3, -0.25) is 0 Å². The van der Waals surface area contributed by atoms with E-state index in [4.69, 9.17) is 0 Å². The summed E-state index contributed by atoms with van der Waals surface area (Å²) in [7, 11) is -4.99. The SMILES string of the molecule is CCOC(=O)C(F)(F)CCS(=O)(=O)F. The Hall–Kier alpha value is -0.790. The maximum atomic E-state index is 12.6. The molecule has 0 aromatic rings. The predicted molar refractivity (Wildman–Crippen MR) is 41.1 cm³/mol. The Bertz CT molecular complexity index is 298. The van der Waals surface area contributed by atoms with Crippen molar-refractivity contribution in [2.24, 2.45) is 0 Å². The highest BCUT2D eigenvalue weighted by Crippen LogP contribution is 2.21. The van der Waals surface area contributed by atoms with Gasteiger partial charge >= 0.3 is 22.1 Å². The molecule has 0 fully saturated rings. The molecule has 4 nitrogen and oxygen atoms in total. The van der Waals surface area contributed by atoms with Crippen molar-refractivity contribution in [1.29, 1.82) is 0 Å². The average Bonchev–Trinajstić information content (AvgIpc) is 2.00. The lowest BCUT2D eigenvalue weighted by molar-refractivity contribution is -0.171. The molecule has 8 heteroatoms. The molecule has 0 atom stereocenters. The molecule has 0 radical (unpaired) electrons. The minimum Gasteiger partial charge on any atom is -0.462 e. The van der Waals surface area contributed by atoms with Crippen LogP contribution in [0.5, 0.6) is 0 Å². The third kappa shape index (κ3) is 5.05. The largest absolute Gasteiger partial charge is 0.462 e. The van der Waals surface area contributed by atoms with Crippen LogP contribution in [0.3, 0.4) is 0 Å². The van der Waals surface area contributed by atoms with Crippen LogP contribution in [-0.2, 0) is 19.8 Å². The van der Waals surface area contributed by atoms with Gasteiger partial charge in [-0.1, -0.05) is 0 Å². The van der Waals surface area contributed by atoms with E-state index in [0.717, 1.165) is 0 Å². The average molecular weight is 234 g/mol. The monoisotopic (exact) mass is 234 g/mol. The molecule has 0 heterocycles. The number of hydrogen-bond donors (Lipinski definition) is 0. The molecule has 0 spiro atoms. The number of esters is 1. The molecule has 0 saturated heterocycles. The first kappa shape index (κ1) is 13.2. The lowest BCUT2D eigenvalue weighted by atomic mass is 10.3. The summed E-state index contributed by atoms with van der Waals surface area (Å²) >= 11 is 0. The van der Waals surface area contributed by atoms with E-state index in [1.807, 2.05) is 0 Å². The maximum Gasteiger partial charge on any atom is 0.377 e. The normalized spacial score (nSPS) is 12.6. The second kappa shape index (κ2) is 4.63. The topological polar surface area (TPSA) is 60.4 Å². The van der Waals surface area contributed by atoms with Gasteiger partial charge in [-0.25, -0.2) is 4.79 Å². The second-order valence-corrected chi connectivity index (χ2v) is 3.90. The van der Waals surface area contributed by atoms with Crippen molar-refractivity contribution in [2.45, 2.75) is 19.3 Å². The van der Waals surface area contributed by atoms with Crippen LogP contribution in [0.1, 0.15) is 13.3 Å². The Morgan fingerprint density at radius 2 is 1.93 bits per heavy atom. The first-order valence-corrected chi connectivity index (χ1v) is 5.21. The van der Waals surface area contributed by atoms with Gasteiger partial charge < -0.3 is 4.74 Å². The Kier molecular flexibility index (Phi) is 4.37. The number of carbonyl (C=O) groups is 1. The summed E-state index contributed by atoms with van der Waals surface area (Å²) in [5, 5.41) is 0. The molecule has 0 aromatic carbocycles. The van der Waals surface area contributed by atoms with Crippen LogP contribution in [0.4, 0.5) is 12.7 Å². The van der Waals surface area contributed by atoms with Crippen LogP contribution in [0, 0.1) is 0 Å².